The van der Waals surface area contributed by atoms with Gasteiger partial charge in [-0.05, 0) is 13.8 Å². The Hall–Kier alpha value is -1.69. The summed E-state index contributed by atoms with van der Waals surface area (Å²) in [6.07, 6.45) is 0. The van der Waals surface area contributed by atoms with Gasteiger partial charge < -0.3 is 10.7 Å². The number of nitrogens with zero attached hydrogens (tertiary/aromatic N) is 3. The number of nitrogens with one attached hydrogen (secondary N) is 2. The van der Waals surface area contributed by atoms with E-state index in [9.17, 15) is 0 Å². The van der Waals surface area contributed by atoms with Gasteiger partial charge in [0.1, 0.15) is 5.82 Å². The number of aromatic nitrogens is 5. The van der Waals surface area contributed by atoms with Crippen LogP contribution in [0, 0.1) is 13.8 Å². The maximum atomic E-state index is 5.41. The molecule has 2 rings (SSSR count). The molecule has 0 saturated carbocycles. The zero-order chi connectivity index (χ0) is 10.1. The summed E-state index contributed by atoms with van der Waals surface area (Å²) in [6, 6.07) is 0. The average molecular weight is 192 g/mol. The molecule has 2 aromatic rings. The molecule has 0 spiro atoms. The average Bonchev–Trinajstić information content (AvgIpc) is 2.74. The van der Waals surface area contributed by atoms with Gasteiger partial charge in [-0.2, -0.15) is 5.10 Å². The number of rotatable bonds is 2. The Balaban J connectivity index is 2.39. The first kappa shape index (κ1) is 8.89. The fourth-order valence-electron chi connectivity index (χ4n) is 1.15. The molecular weight excluding hydrogens is 180 g/mol. The normalized spacial score (nSPS) is 10.8. The monoisotopic (exact) mass is 192 g/mol. The predicted octanol–water partition coefficient (Wildman–Crippen LogP) is 0.270. The van der Waals surface area contributed by atoms with Crippen molar-refractivity contribution < 1.29 is 0 Å². The third-order valence-electron chi connectivity index (χ3n) is 2.06. The lowest BCUT2D eigenvalue weighted by molar-refractivity contribution is 0.917. The molecule has 14 heavy (non-hydrogen) atoms. The van der Waals surface area contributed by atoms with Crippen molar-refractivity contribution in [1.82, 2.24) is 25.1 Å². The van der Waals surface area contributed by atoms with Gasteiger partial charge in [0.05, 0.1) is 12.2 Å². The van der Waals surface area contributed by atoms with E-state index in [0.717, 1.165) is 11.4 Å². The van der Waals surface area contributed by atoms with Gasteiger partial charge in [0, 0.05) is 5.69 Å². The second-order valence-corrected chi connectivity index (χ2v) is 3.11. The number of aromatic amines is 2. The molecule has 0 aliphatic heterocycles. The molecule has 2 heterocycles. The minimum Gasteiger partial charge on any atom is -0.339 e. The van der Waals surface area contributed by atoms with Gasteiger partial charge in [-0.25, -0.2) is 9.97 Å². The van der Waals surface area contributed by atoms with Crippen LogP contribution in [0.4, 0.5) is 0 Å². The SMILES string of the molecule is Cc1nc(-c2n[nH]c(CN)n2)[nH]c1C. The number of H-pyrrole nitrogens is 2. The zero-order valence-electron chi connectivity index (χ0n) is 8.13. The smallest absolute Gasteiger partial charge is 0.217 e. The Morgan fingerprint density at radius 2 is 2.07 bits per heavy atom. The second-order valence-electron chi connectivity index (χ2n) is 3.11. The van der Waals surface area contributed by atoms with Crippen LogP contribution in [0.3, 0.4) is 0 Å². The van der Waals surface area contributed by atoms with Gasteiger partial charge in [-0.1, -0.05) is 0 Å². The lowest BCUT2D eigenvalue weighted by atomic mass is 10.4. The predicted molar refractivity (Wildman–Crippen MR) is 51.3 cm³/mol. The van der Waals surface area contributed by atoms with E-state index >= 15 is 0 Å². The van der Waals surface area contributed by atoms with Crippen molar-refractivity contribution in [2.45, 2.75) is 20.4 Å². The topological polar surface area (TPSA) is 96.3 Å². The molecule has 0 radical (unpaired) electrons. The van der Waals surface area contributed by atoms with Gasteiger partial charge in [0.2, 0.25) is 5.82 Å². The van der Waals surface area contributed by atoms with E-state index in [1.54, 1.807) is 0 Å². The van der Waals surface area contributed by atoms with Gasteiger partial charge in [0.15, 0.2) is 5.82 Å². The lowest BCUT2D eigenvalue weighted by Gasteiger charge is -1.85. The first-order chi connectivity index (χ1) is 6.70. The standard InChI is InChI=1S/C8H12N6/c1-4-5(2)11-7(10-4)8-12-6(3-9)13-14-8/h3,9H2,1-2H3,(H,10,11)(H,12,13,14). The molecule has 0 aliphatic rings. The van der Waals surface area contributed by atoms with E-state index in [2.05, 4.69) is 25.1 Å². The van der Waals surface area contributed by atoms with Crippen molar-refractivity contribution in [3.8, 4) is 11.6 Å². The van der Waals surface area contributed by atoms with Crippen molar-refractivity contribution >= 4 is 0 Å². The zero-order valence-corrected chi connectivity index (χ0v) is 8.13. The number of aryl methyl sites for hydroxylation is 2. The van der Waals surface area contributed by atoms with Crippen LogP contribution in [0.15, 0.2) is 0 Å². The second kappa shape index (κ2) is 3.22. The minimum atomic E-state index is 0.353. The maximum Gasteiger partial charge on any atom is 0.217 e. The highest BCUT2D eigenvalue weighted by atomic mass is 15.2. The highest BCUT2D eigenvalue weighted by Gasteiger charge is 2.09. The van der Waals surface area contributed by atoms with Crippen molar-refractivity contribution in [3.05, 3.63) is 17.2 Å². The van der Waals surface area contributed by atoms with Crippen molar-refractivity contribution in [2.75, 3.05) is 0 Å². The summed E-state index contributed by atoms with van der Waals surface area (Å²) in [7, 11) is 0. The van der Waals surface area contributed by atoms with Crippen LogP contribution < -0.4 is 5.73 Å². The summed E-state index contributed by atoms with van der Waals surface area (Å²) in [6.45, 7) is 4.25. The third-order valence-corrected chi connectivity index (χ3v) is 2.06. The first-order valence-electron chi connectivity index (χ1n) is 4.35. The van der Waals surface area contributed by atoms with E-state index in [4.69, 9.17) is 5.73 Å². The summed E-state index contributed by atoms with van der Waals surface area (Å²) in [5, 5.41) is 6.74. The molecule has 0 fully saturated rings. The van der Waals surface area contributed by atoms with Crippen molar-refractivity contribution in [3.63, 3.8) is 0 Å². The summed E-state index contributed by atoms with van der Waals surface area (Å²) in [5.41, 5.74) is 7.40. The summed E-state index contributed by atoms with van der Waals surface area (Å²) in [5.74, 6) is 1.89. The molecular formula is C8H12N6. The summed E-state index contributed by atoms with van der Waals surface area (Å²) < 4.78 is 0. The molecule has 6 nitrogen and oxygen atoms in total. The fourth-order valence-corrected chi connectivity index (χ4v) is 1.15. The molecule has 0 saturated heterocycles. The largest absolute Gasteiger partial charge is 0.339 e. The van der Waals surface area contributed by atoms with E-state index in [0.29, 0.717) is 24.0 Å². The molecule has 0 atom stereocenters. The van der Waals surface area contributed by atoms with Crippen LogP contribution in [0.2, 0.25) is 0 Å². The van der Waals surface area contributed by atoms with Gasteiger partial charge in [-0.15, -0.1) is 0 Å². The highest BCUT2D eigenvalue weighted by Crippen LogP contribution is 2.12. The van der Waals surface area contributed by atoms with E-state index in [-0.39, 0.29) is 0 Å². The molecule has 2 aromatic heterocycles. The highest BCUT2D eigenvalue weighted by molar-refractivity contribution is 5.44. The summed E-state index contributed by atoms with van der Waals surface area (Å²) in [4.78, 5) is 11.6. The molecule has 0 bridgehead atoms. The van der Waals surface area contributed by atoms with Gasteiger partial charge in [0.25, 0.3) is 0 Å². The van der Waals surface area contributed by atoms with Crippen molar-refractivity contribution in [1.29, 1.82) is 0 Å². The number of nitrogens with two attached hydrogens (primary N) is 1. The number of imidazole rings is 1. The molecule has 4 N–H and O–H groups in total. The summed E-state index contributed by atoms with van der Waals surface area (Å²) >= 11 is 0. The van der Waals surface area contributed by atoms with E-state index < -0.39 is 0 Å². The quantitative estimate of drug-likeness (QED) is 0.636. The number of hydrogen-bond donors (Lipinski definition) is 3. The lowest BCUT2D eigenvalue weighted by Crippen LogP contribution is -1.98. The first-order valence-corrected chi connectivity index (χ1v) is 4.35. The van der Waals surface area contributed by atoms with Crippen LogP contribution in [0.25, 0.3) is 11.6 Å². The maximum absolute atomic E-state index is 5.41. The fraction of sp³-hybridized carbons (Fsp3) is 0.375. The number of hydrogen-bond acceptors (Lipinski definition) is 4. The third kappa shape index (κ3) is 1.39. The van der Waals surface area contributed by atoms with Crippen LogP contribution >= 0.6 is 0 Å². The Morgan fingerprint density at radius 3 is 2.57 bits per heavy atom. The molecule has 0 aliphatic carbocycles. The molecule has 74 valence electrons. The van der Waals surface area contributed by atoms with Crippen LogP contribution in [0.5, 0.6) is 0 Å². The Bertz CT molecular complexity index is 421. The Labute approximate surface area is 81.0 Å². The van der Waals surface area contributed by atoms with Gasteiger partial charge in [-0.3, -0.25) is 5.10 Å². The van der Waals surface area contributed by atoms with E-state index in [1.807, 2.05) is 13.8 Å². The van der Waals surface area contributed by atoms with Gasteiger partial charge >= 0.3 is 0 Å². The van der Waals surface area contributed by atoms with Crippen LogP contribution in [-0.2, 0) is 6.54 Å². The van der Waals surface area contributed by atoms with Crippen LogP contribution in [0.1, 0.15) is 17.2 Å². The Morgan fingerprint density at radius 1 is 1.29 bits per heavy atom. The Kier molecular flexibility index (Phi) is 2.05. The molecule has 0 unspecified atom stereocenters. The molecule has 0 aromatic carbocycles. The molecule has 0 amide bonds. The van der Waals surface area contributed by atoms with Crippen molar-refractivity contribution in [2.24, 2.45) is 5.73 Å². The molecule has 6 heteroatoms. The van der Waals surface area contributed by atoms with Crippen LogP contribution in [-0.4, -0.2) is 25.1 Å². The van der Waals surface area contributed by atoms with E-state index in [1.165, 1.54) is 0 Å². The minimum absolute atomic E-state index is 0.353.